The Bertz CT molecular complexity index is 2020. The summed E-state index contributed by atoms with van der Waals surface area (Å²) in [5, 5.41) is 17.1. The number of aromatic nitrogens is 3. The van der Waals surface area contributed by atoms with E-state index < -0.39 is 10.5 Å². The van der Waals surface area contributed by atoms with Gasteiger partial charge in [-0.2, -0.15) is 9.78 Å². The molecule has 3 heterocycles. The maximum Gasteiger partial charge on any atom is 0.287 e. The summed E-state index contributed by atoms with van der Waals surface area (Å²) >= 11 is 9.59. The van der Waals surface area contributed by atoms with Crippen LogP contribution in [0.3, 0.4) is 0 Å². The SMILES string of the molecule is O=c1c2ccccc2nc(-c2cc3cc(Cl)ccc3o2)n1N=Cc1cc(Br)ccc1Oc1ccc([N+](=O)[O-])cn1. The van der Waals surface area contributed by atoms with Crippen LogP contribution in [0.1, 0.15) is 5.56 Å². The van der Waals surface area contributed by atoms with Gasteiger partial charge in [0.15, 0.2) is 5.76 Å². The number of nitro groups is 1. The molecule has 0 N–H and O–H groups in total. The second-order valence-electron chi connectivity index (χ2n) is 8.50. The summed E-state index contributed by atoms with van der Waals surface area (Å²) in [5.41, 5.74) is 1.01. The number of halogens is 2. The lowest BCUT2D eigenvalue weighted by atomic mass is 10.2. The van der Waals surface area contributed by atoms with Gasteiger partial charge in [-0.1, -0.05) is 39.7 Å². The van der Waals surface area contributed by atoms with Gasteiger partial charge in [0.05, 0.1) is 22.0 Å². The van der Waals surface area contributed by atoms with Gasteiger partial charge < -0.3 is 9.15 Å². The molecule has 0 radical (unpaired) electrons. The smallest absolute Gasteiger partial charge is 0.287 e. The molecule has 0 aliphatic rings. The number of furan rings is 1. The Morgan fingerprint density at radius 2 is 1.93 bits per heavy atom. The molecule has 196 valence electrons. The normalized spacial score (nSPS) is 11.4. The summed E-state index contributed by atoms with van der Waals surface area (Å²) in [7, 11) is 0. The van der Waals surface area contributed by atoms with Crippen molar-refractivity contribution in [1.29, 1.82) is 0 Å². The third-order valence-corrected chi connectivity index (χ3v) is 6.61. The van der Waals surface area contributed by atoms with Crippen LogP contribution in [0.4, 0.5) is 5.69 Å². The van der Waals surface area contributed by atoms with E-state index in [1.165, 1.54) is 18.3 Å². The number of fused-ring (bicyclic) bond motifs is 2. The first-order valence-electron chi connectivity index (χ1n) is 11.7. The minimum atomic E-state index is -0.544. The molecule has 40 heavy (non-hydrogen) atoms. The summed E-state index contributed by atoms with van der Waals surface area (Å²) in [5.74, 6) is 1.03. The molecule has 0 amide bonds. The zero-order valence-electron chi connectivity index (χ0n) is 20.2. The van der Waals surface area contributed by atoms with Crippen LogP contribution in [0.5, 0.6) is 11.6 Å². The van der Waals surface area contributed by atoms with Gasteiger partial charge in [0.2, 0.25) is 11.7 Å². The molecular weight excluding hydrogens is 602 g/mol. The van der Waals surface area contributed by atoms with Crippen LogP contribution < -0.4 is 10.3 Å². The Balaban J connectivity index is 1.46. The number of benzene rings is 3. The zero-order chi connectivity index (χ0) is 27.8. The van der Waals surface area contributed by atoms with Gasteiger partial charge in [-0.15, -0.1) is 0 Å². The maximum absolute atomic E-state index is 13.6. The molecule has 0 bridgehead atoms. The fourth-order valence-corrected chi connectivity index (χ4v) is 4.56. The third-order valence-electron chi connectivity index (χ3n) is 5.88. The van der Waals surface area contributed by atoms with Gasteiger partial charge in [-0.05, 0) is 54.6 Å². The van der Waals surface area contributed by atoms with Crippen molar-refractivity contribution in [2.75, 3.05) is 0 Å². The van der Waals surface area contributed by atoms with Gasteiger partial charge in [0, 0.05) is 32.6 Å². The first kappa shape index (κ1) is 25.4. The topological polar surface area (TPSA) is 126 Å². The fraction of sp³-hybridized carbons (Fsp3) is 0. The molecule has 0 atom stereocenters. The summed E-state index contributed by atoms with van der Waals surface area (Å²) in [4.78, 5) is 32.7. The Labute approximate surface area is 238 Å². The number of ether oxygens (including phenoxy) is 1. The minimum Gasteiger partial charge on any atom is -0.453 e. The molecule has 0 aliphatic heterocycles. The van der Waals surface area contributed by atoms with Gasteiger partial charge in [-0.25, -0.2) is 9.97 Å². The van der Waals surface area contributed by atoms with Crippen LogP contribution in [-0.2, 0) is 0 Å². The van der Waals surface area contributed by atoms with Crippen molar-refractivity contribution in [2.45, 2.75) is 0 Å². The molecule has 3 aromatic heterocycles. The lowest BCUT2D eigenvalue weighted by Crippen LogP contribution is -2.20. The van der Waals surface area contributed by atoms with E-state index in [1.807, 2.05) is 0 Å². The lowest BCUT2D eigenvalue weighted by molar-refractivity contribution is -0.385. The average molecular weight is 617 g/mol. The highest BCUT2D eigenvalue weighted by Gasteiger charge is 2.17. The minimum absolute atomic E-state index is 0.147. The quantitative estimate of drug-likeness (QED) is 0.110. The fourth-order valence-electron chi connectivity index (χ4n) is 4.00. The van der Waals surface area contributed by atoms with E-state index in [9.17, 15) is 14.9 Å². The predicted molar refractivity (Wildman–Crippen MR) is 154 cm³/mol. The number of pyridine rings is 1. The van der Waals surface area contributed by atoms with Crippen molar-refractivity contribution in [3.63, 3.8) is 0 Å². The highest BCUT2D eigenvalue weighted by Crippen LogP contribution is 2.30. The summed E-state index contributed by atoms with van der Waals surface area (Å²) < 4.78 is 13.8. The molecule has 12 heteroatoms. The van der Waals surface area contributed by atoms with Gasteiger partial charge in [0.25, 0.3) is 11.2 Å². The molecule has 0 spiro atoms. The number of hydrogen-bond donors (Lipinski definition) is 0. The zero-order valence-corrected chi connectivity index (χ0v) is 22.5. The van der Waals surface area contributed by atoms with E-state index in [0.717, 1.165) is 20.7 Å². The van der Waals surface area contributed by atoms with Crippen LogP contribution in [0, 0.1) is 10.1 Å². The van der Waals surface area contributed by atoms with Gasteiger partial charge >= 0.3 is 0 Å². The highest BCUT2D eigenvalue weighted by molar-refractivity contribution is 9.10. The molecule has 0 saturated carbocycles. The molecule has 6 rings (SSSR count). The maximum atomic E-state index is 13.6. The summed E-state index contributed by atoms with van der Waals surface area (Å²) in [6.45, 7) is 0. The number of rotatable bonds is 6. The van der Waals surface area contributed by atoms with Crippen molar-refractivity contribution in [3.05, 3.63) is 121 Å². The van der Waals surface area contributed by atoms with E-state index in [4.69, 9.17) is 20.8 Å². The van der Waals surface area contributed by atoms with E-state index in [2.05, 4.69) is 31.0 Å². The second kappa shape index (κ2) is 10.4. The number of nitrogens with zero attached hydrogens (tertiary/aromatic N) is 5. The molecule has 3 aromatic carbocycles. The third kappa shape index (κ3) is 4.95. The molecular formula is C28H15BrClN5O5. The second-order valence-corrected chi connectivity index (χ2v) is 9.85. The first-order chi connectivity index (χ1) is 19.4. The molecule has 0 fully saturated rings. The molecule has 0 aliphatic carbocycles. The largest absolute Gasteiger partial charge is 0.453 e. The Morgan fingerprint density at radius 3 is 2.73 bits per heavy atom. The van der Waals surface area contributed by atoms with Crippen molar-refractivity contribution in [1.82, 2.24) is 14.6 Å². The van der Waals surface area contributed by atoms with Gasteiger partial charge in [-0.3, -0.25) is 14.9 Å². The van der Waals surface area contributed by atoms with E-state index >= 15 is 0 Å². The van der Waals surface area contributed by atoms with E-state index in [1.54, 1.807) is 66.7 Å². The molecule has 10 nitrogen and oxygen atoms in total. The first-order valence-corrected chi connectivity index (χ1v) is 12.9. The lowest BCUT2D eigenvalue weighted by Gasteiger charge is -2.09. The standard InChI is InChI=1S/C28H15BrClN5O5/c29-18-5-8-24(40-26-10-7-20(15-31-26)35(37)38)17(11-18)14-32-34-27(33-22-4-2-1-3-21(22)28(34)36)25-13-16-12-19(30)6-9-23(16)39-25/h1-15H. The highest BCUT2D eigenvalue weighted by atomic mass is 79.9. The van der Waals surface area contributed by atoms with Crippen LogP contribution in [0.2, 0.25) is 5.02 Å². The number of para-hydroxylation sites is 1. The Hall–Kier alpha value is -4.87. The van der Waals surface area contributed by atoms with Crippen molar-refractivity contribution in [2.24, 2.45) is 5.10 Å². The Morgan fingerprint density at radius 1 is 1.07 bits per heavy atom. The predicted octanol–water partition coefficient (Wildman–Crippen LogP) is 7.20. The molecule has 0 saturated heterocycles. The van der Waals surface area contributed by atoms with Crippen LogP contribution in [0.15, 0.2) is 104 Å². The van der Waals surface area contributed by atoms with Crippen LogP contribution in [0.25, 0.3) is 33.5 Å². The van der Waals surface area contributed by atoms with Crippen LogP contribution in [-0.4, -0.2) is 25.8 Å². The summed E-state index contributed by atoms with van der Waals surface area (Å²) in [6, 6.07) is 21.8. The van der Waals surface area contributed by atoms with E-state index in [0.29, 0.717) is 38.6 Å². The monoisotopic (exact) mass is 615 g/mol. The van der Waals surface area contributed by atoms with E-state index in [-0.39, 0.29) is 17.4 Å². The van der Waals surface area contributed by atoms with Crippen molar-refractivity contribution >= 4 is 61.3 Å². The summed E-state index contributed by atoms with van der Waals surface area (Å²) in [6.07, 6.45) is 2.56. The van der Waals surface area contributed by atoms with Crippen molar-refractivity contribution in [3.8, 4) is 23.2 Å². The van der Waals surface area contributed by atoms with Crippen molar-refractivity contribution < 1.29 is 14.1 Å². The molecule has 0 unspecified atom stereocenters. The number of hydrogen-bond acceptors (Lipinski definition) is 8. The average Bonchev–Trinajstić information content (AvgIpc) is 3.37. The van der Waals surface area contributed by atoms with Gasteiger partial charge in [0.1, 0.15) is 17.5 Å². The Kier molecular flexibility index (Phi) is 6.58. The van der Waals surface area contributed by atoms with Crippen LogP contribution >= 0.6 is 27.5 Å². The molecule has 6 aromatic rings.